The molecular weight excluding hydrogens is 366 g/mol. The van der Waals surface area contributed by atoms with Crippen LogP contribution in [0, 0.1) is 17.2 Å². The van der Waals surface area contributed by atoms with Gasteiger partial charge in [-0.25, -0.2) is 0 Å². The maximum atomic E-state index is 12.2. The molecule has 27 heavy (non-hydrogen) atoms. The zero-order chi connectivity index (χ0) is 20.4. The molecule has 8 heteroatoms. The molecule has 7 nitrogen and oxygen atoms in total. The molecule has 1 aliphatic rings. The number of carbonyl (C=O) groups excluding carboxylic acids is 3. The van der Waals surface area contributed by atoms with Gasteiger partial charge < -0.3 is 15.0 Å². The van der Waals surface area contributed by atoms with Crippen LogP contribution in [0.25, 0.3) is 0 Å². The van der Waals surface area contributed by atoms with Crippen molar-refractivity contribution in [2.24, 2.45) is 5.92 Å². The number of nitrogens with one attached hydrogen (secondary N) is 1. The third-order valence-corrected chi connectivity index (χ3v) is 6.00. The zero-order valence-corrected chi connectivity index (χ0v) is 17.6. The maximum Gasteiger partial charge on any atom is 0.316 e. The monoisotopic (exact) mass is 397 g/mol. The second kappa shape index (κ2) is 11.2. The molecule has 1 aliphatic carbocycles. The molecule has 1 saturated carbocycles. The van der Waals surface area contributed by atoms with Crippen LogP contribution in [0.2, 0.25) is 0 Å². The second-order valence-electron chi connectivity index (χ2n) is 7.47. The average Bonchev–Trinajstić information content (AvgIpc) is 2.66. The SMILES string of the molecule is CC(C)[C@](C)(C#N)NC(=O)COC(=O)CSCC(=O)N(C)C1CCCCC1. The highest BCUT2D eigenvalue weighted by molar-refractivity contribution is 8.00. The lowest BCUT2D eigenvalue weighted by Gasteiger charge is -2.31. The highest BCUT2D eigenvalue weighted by Crippen LogP contribution is 2.22. The Balaban J connectivity index is 2.26. The van der Waals surface area contributed by atoms with Gasteiger partial charge >= 0.3 is 5.97 Å². The Hall–Kier alpha value is -1.75. The first-order valence-corrected chi connectivity index (χ1v) is 10.6. The molecule has 0 aromatic heterocycles. The quantitative estimate of drug-likeness (QED) is 0.598. The number of rotatable bonds is 9. The van der Waals surface area contributed by atoms with Crippen LogP contribution in [-0.4, -0.2) is 59.4 Å². The predicted octanol–water partition coefficient (Wildman–Crippen LogP) is 2.11. The molecule has 0 aliphatic heterocycles. The number of thioether (sulfide) groups is 1. The van der Waals surface area contributed by atoms with Gasteiger partial charge in [-0.3, -0.25) is 14.4 Å². The standard InChI is InChI=1S/C19H31N3O4S/c1-14(2)19(3,13-20)21-16(23)10-26-18(25)12-27-11-17(24)22(4)15-8-6-5-7-9-15/h14-15H,5-12H2,1-4H3,(H,21,23)/t19-/m0/s1. The molecule has 0 saturated heterocycles. The van der Waals surface area contributed by atoms with Crippen LogP contribution < -0.4 is 5.32 Å². The summed E-state index contributed by atoms with van der Waals surface area (Å²) in [6.07, 6.45) is 5.64. The van der Waals surface area contributed by atoms with Crippen molar-refractivity contribution < 1.29 is 19.1 Å². The smallest absolute Gasteiger partial charge is 0.316 e. The van der Waals surface area contributed by atoms with Gasteiger partial charge in [0.25, 0.3) is 5.91 Å². The average molecular weight is 398 g/mol. The van der Waals surface area contributed by atoms with Gasteiger partial charge in [-0.1, -0.05) is 33.1 Å². The molecule has 2 amide bonds. The third kappa shape index (κ3) is 7.79. The summed E-state index contributed by atoms with van der Waals surface area (Å²) in [5.41, 5.74) is -1.01. The van der Waals surface area contributed by atoms with Gasteiger partial charge in [-0.2, -0.15) is 5.26 Å². The van der Waals surface area contributed by atoms with Crippen molar-refractivity contribution in [3.63, 3.8) is 0 Å². The van der Waals surface area contributed by atoms with Gasteiger partial charge in [0.05, 0.1) is 17.6 Å². The van der Waals surface area contributed by atoms with Gasteiger partial charge in [0.15, 0.2) is 6.61 Å². The molecule has 0 unspecified atom stereocenters. The Morgan fingerprint density at radius 3 is 2.44 bits per heavy atom. The fourth-order valence-corrected chi connectivity index (χ4v) is 3.54. The van der Waals surface area contributed by atoms with E-state index in [-0.39, 0.29) is 23.3 Å². The maximum absolute atomic E-state index is 12.2. The van der Waals surface area contributed by atoms with Gasteiger partial charge in [-0.15, -0.1) is 11.8 Å². The van der Waals surface area contributed by atoms with Crippen molar-refractivity contribution in [3.05, 3.63) is 0 Å². The summed E-state index contributed by atoms with van der Waals surface area (Å²) in [7, 11) is 1.82. The Labute approximate surface area is 166 Å². The fourth-order valence-electron chi connectivity index (χ4n) is 2.81. The van der Waals surface area contributed by atoms with Gasteiger partial charge in [0, 0.05) is 13.1 Å². The number of esters is 1. The molecule has 0 heterocycles. The van der Waals surface area contributed by atoms with E-state index in [1.54, 1.807) is 11.8 Å². The Morgan fingerprint density at radius 2 is 1.89 bits per heavy atom. The minimum Gasteiger partial charge on any atom is -0.455 e. The van der Waals surface area contributed by atoms with E-state index >= 15 is 0 Å². The van der Waals surface area contributed by atoms with Crippen LogP contribution in [0.15, 0.2) is 0 Å². The van der Waals surface area contributed by atoms with Gasteiger partial charge in [0.1, 0.15) is 5.54 Å². The minimum absolute atomic E-state index is 0.0111. The molecule has 1 fully saturated rings. The molecule has 0 aromatic rings. The molecule has 1 rings (SSSR count). The first-order chi connectivity index (χ1) is 12.7. The first-order valence-electron chi connectivity index (χ1n) is 9.41. The summed E-state index contributed by atoms with van der Waals surface area (Å²) in [6, 6.07) is 2.37. The second-order valence-corrected chi connectivity index (χ2v) is 8.45. The molecule has 1 N–H and O–H groups in total. The Kier molecular flexibility index (Phi) is 9.64. The topological polar surface area (TPSA) is 99.5 Å². The van der Waals surface area contributed by atoms with Crippen LogP contribution in [0.5, 0.6) is 0 Å². The van der Waals surface area contributed by atoms with E-state index in [0.29, 0.717) is 6.04 Å². The highest BCUT2D eigenvalue weighted by atomic mass is 32.2. The van der Waals surface area contributed by atoms with Gasteiger partial charge in [-0.05, 0) is 25.7 Å². The van der Waals surface area contributed by atoms with E-state index < -0.39 is 24.0 Å². The minimum atomic E-state index is -1.01. The number of nitrogens with zero attached hydrogens (tertiary/aromatic N) is 2. The number of hydrogen-bond donors (Lipinski definition) is 1. The van der Waals surface area contributed by atoms with Crippen LogP contribution in [0.4, 0.5) is 0 Å². The summed E-state index contributed by atoms with van der Waals surface area (Å²) in [5.74, 6) is -0.902. The number of carbonyl (C=O) groups is 3. The molecule has 0 aromatic carbocycles. The van der Waals surface area contributed by atoms with E-state index in [4.69, 9.17) is 4.74 Å². The molecule has 0 radical (unpaired) electrons. The van der Waals surface area contributed by atoms with Crippen molar-refractivity contribution in [3.8, 4) is 6.07 Å². The molecular formula is C19H31N3O4S. The van der Waals surface area contributed by atoms with Crippen LogP contribution in [0.1, 0.15) is 52.9 Å². The van der Waals surface area contributed by atoms with E-state index in [1.165, 1.54) is 18.2 Å². The fraction of sp³-hybridized carbons (Fsp3) is 0.789. The van der Waals surface area contributed by atoms with Crippen molar-refractivity contribution in [1.29, 1.82) is 5.26 Å². The lowest BCUT2D eigenvalue weighted by molar-refractivity contribution is -0.146. The first kappa shape index (κ1) is 23.3. The zero-order valence-electron chi connectivity index (χ0n) is 16.7. The van der Waals surface area contributed by atoms with Crippen LogP contribution in [0.3, 0.4) is 0 Å². The largest absolute Gasteiger partial charge is 0.455 e. The number of nitriles is 1. The van der Waals surface area contributed by atoms with Crippen molar-refractivity contribution >= 4 is 29.5 Å². The summed E-state index contributed by atoms with van der Waals surface area (Å²) in [5, 5.41) is 11.8. The molecule has 0 spiro atoms. The lowest BCUT2D eigenvalue weighted by Crippen LogP contribution is -2.50. The summed E-state index contributed by atoms with van der Waals surface area (Å²) in [4.78, 5) is 37.6. The predicted molar refractivity (Wildman–Crippen MR) is 105 cm³/mol. The molecule has 152 valence electrons. The van der Waals surface area contributed by atoms with Crippen LogP contribution in [-0.2, 0) is 19.1 Å². The van der Waals surface area contributed by atoms with Gasteiger partial charge in [0.2, 0.25) is 5.91 Å². The normalized spacial score (nSPS) is 16.9. The number of hydrogen-bond acceptors (Lipinski definition) is 6. The van der Waals surface area contributed by atoms with Crippen molar-refractivity contribution in [1.82, 2.24) is 10.2 Å². The van der Waals surface area contributed by atoms with E-state index in [1.807, 2.05) is 20.9 Å². The van der Waals surface area contributed by atoms with Crippen LogP contribution >= 0.6 is 11.8 Å². The summed E-state index contributed by atoms with van der Waals surface area (Å²) >= 11 is 1.19. The van der Waals surface area contributed by atoms with Crippen molar-refractivity contribution in [2.45, 2.75) is 64.5 Å². The number of ether oxygens (including phenoxy) is 1. The molecule has 0 bridgehead atoms. The van der Waals surface area contributed by atoms with Crippen molar-refractivity contribution in [2.75, 3.05) is 25.2 Å². The highest BCUT2D eigenvalue weighted by Gasteiger charge is 2.30. The Morgan fingerprint density at radius 1 is 1.26 bits per heavy atom. The summed E-state index contributed by atoms with van der Waals surface area (Å²) < 4.78 is 4.93. The number of amides is 2. The molecule has 1 atom stereocenters. The Bertz CT molecular complexity index is 570. The van der Waals surface area contributed by atoms with E-state index in [0.717, 1.165) is 25.7 Å². The summed E-state index contributed by atoms with van der Waals surface area (Å²) in [6.45, 7) is 4.85. The lowest BCUT2D eigenvalue weighted by atomic mass is 9.90. The van der Waals surface area contributed by atoms with E-state index in [9.17, 15) is 19.6 Å². The van der Waals surface area contributed by atoms with E-state index in [2.05, 4.69) is 11.4 Å². The third-order valence-electron chi connectivity index (χ3n) is 5.11.